The Bertz CT molecular complexity index is 586. The fourth-order valence-corrected chi connectivity index (χ4v) is 2.20. The monoisotopic (exact) mass is 261 g/mol. The molecule has 0 fully saturated rings. The molecule has 0 saturated heterocycles. The molecule has 2 N–H and O–H groups in total. The summed E-state index contributed by atoms with van der Waals surface area (Å²) in [6.45, 7) is 0.269. The van der Waals surface area contributed by atoms with Crippen LogP contribution >= 0.6 is 11.6 Å². The van der Waals surface area contributed by atoms with Crippen LogP contribution in [0, 0.1) is 0 Å². The zero-order valence-corrected chi connectivity index (χ0v) is 10.4. The summed E-state index contributed by atoms with van der Waals surface area (Å²) in [5.74, 6) is 1.50. The molecule has 2 aromatic rings. The average molecular weight is 262 g/mol. The molecule has 0 radical (unpaired) electrons. The second-order valence-electron chi connectivity index (χ2n) is 4.15. The van der Waals surface area contributed by atoms with E-state index in [1.807, 2.05) is 42.5 Å². The van der Waals surface area contributed by atoms with Gasteiger partial charge in [-0.1, -0.05) is 29.8 Å². The average Bonchev–Trinajstić information content (AvgIpc) is 2.85. The topological polar surface area (TPSA) is 44.5 Å². The van der Waals surface area contributed by atoms with Crippen molar-refractivity contribution in [3.8, 4) is 11.5 Å². The predicted molar refractivity (Wildman–Crippen MR) is 70.0 cm³/mol. The minimum Gasteiger partial charge on any atom is -0.454 e. The third-order valence-corrected chi connectivity index (χ3v) is 3.20. The Morgan fingerprint density at radius 1 is 1.00 bits per heavy atom. The van der Waals surface area contributed by atoms with Crippen molar-refractivity contribution in [3.05, 3.63) is 58.6 Å². The van der Waals surface area contributed by atoms with Crippen molar-refractivity contribution in [1.29, 1.82) is 0 Å². The zero-order chi connectivity index (χ0) is 12.5. The van der Waals surface area contributed by atoms with Crippen molar-refractivity contribution >= 4 is 11.6 Å². The van der Waals surface area contributed by atoms with Crippen LogP contribution in [-0.2, 0) is 0 Å². The van der Waals surface area contributed by atoms with E-state index < -0.39 is 0 Å². The third kappa shape index (κ3) is 2.03. The largest absolute Gasteiger partial charge is 0.454 e. The first-order chi connectivity index (χ1) is 8.74. The number of halogens is 1. The maximum Gasteiger partial charge on any atom is 0.231 e. The Morgan fingerprint density at radius 3 is 2.61 bits per heavy atom. The van der Waals surface area contributed by atoms with Crippen molar-refractivity contribution in [1.82, 2.24) is 0 Å². The molecule has 3 nitrogen and oxygen atoms in total. The van der Waals surface area contributed by atoms with Gasteiger partial charge in [-0.25, -0.2) is 0 Å². The molecule has 0 amide bonds. The molecule has 1 aliphatic rings. The van der Waals surface area contributed by atoms with Gasteiger partial charge < -0.3 is 15.2 Å². The van der Waals surface area contributed by atoms with Gasteiger partial charge >= 0.3 is 0 Å². The van der Waals surface area contributed by atoms with Crippen LogP contribution in [0.3, 0.4) is 0 Å². The van der Waals surface area contributed by atoms with E-state index in [0.29, 0.717) is 5.02 Å². The Balaban J connectivity index is 1.95. The molecule has 0 aromatic heterocycles. The summed E-state index contributed by atoms with van der Waals surface area (Å²) in [4.78, 5) is 0. The molecular formula is C14H12ClNO2. The van der Waals surface area contributed by atoms with Crippen LogP contribution in [0.2, 0.25) is 5.02 Å². The first-order valence-corrected chi connectivity index (χ1v) is 6.02. The van der Waals surface area contributed by atoms with Crippen molar-refractivity contribution < 1.29 is 9.47 Å². The molecule has 0 aliphatic carbocycles. The molecule has 3 rings (SSSR count). The maximum absolute atomic E-state index is 6.22. The molecule has 2 aromatic carbocycles. The Kier molecular flexibility index (Phi) is 2.86. The molecule has 0 saturated carbocycles. The zero-order valence-electron chi connectivity index (χ0n) is 9.60. The summed E-state index contributed by atoms with van der Waals surface area (Å²) < 4.78 is 10.6. The summed E-state index contributed by atoms with van der Waals surface area (Å²) in [5, 5.41) is 0.684. The van der Waals surface area contributed by atoms with Gasteiger partial charge in [-0.2, -0.15) is 0 Å². The lowest BCUT2D eigenvalue weighted by molar-refractivity contribution is 0.174. The number of ether oxygens (including phenoxy) is 2. The van der Waals surface area contributed by atoms with Gasteiger partial charge in [-0.3, -0.25) is 0 Å². The number of hydrogen-bond acceptors (Lipinski definition) is 3. The molecule has 1 aliphatic heterocycles. The summed E-state index contributed by atoms with van der Waals surface area (Å²) in [5.41, 5.74) is 8.17. The highest BCUT2D eigenvalue weighted by molar-refractivity contribution is 6.30. The minimum atomic E-state index is -0.224. The first kappa shape index (κ1) is 11.4. The molecule has 0 spiro atoms. The third-order valence-electron chi connectivity index (χ3n) is 2.96. The number of rotatable bonds is 2. The highest BCUT2D eigenvalue weighted by atomic mass is 35.5. The van der Waals surface area contributed by atoms with Crippen LogP contribution in [0.25, 0.3) is 0 Å². The second-order valence-corrected chi connectivity index (χ2v) is 4.58. The smallest absolute Gasteiger partial charge is 0.231 e. The van der Waals surface area contributed by atoms with Crippen molar-refractivity contribution in [2.75, 3.05) is 6.79 Å². The van der Waals surface area contributed by atoms with Gasteiger partial charge in [0.2, 0.25) is 6.79 Å². The van der Waals surface area contributed by atoms with Crippen molar-refractivity contribution in [3.63, 3.8) is 0 Å². The summed E-state index contributed by atoms with van der Waals surface area (Å²) in [6.07, 6.45) is 0. The van der Waals surface area contributed by atoms with Gasteiger partial charge in [-0.05, 0) is 35.4 Å². The summed E-state index contributed by atoms with van der Waals surface area (Å²) >= 11 is 5.97. The molecule has 1 unspecified atom stereocenters. The highest BCUT2D eigenvalue weighted by Crippen LogP contribution is 2.35. The lowest BCUT2D eigenvalue weighted by Gasteiger charge is -2.13. The van der Waals surface area contributed by atoms with E-state index in [9.17, 15) is 0 Å². The fraction of sp³-hybridized carbons (Fsp3) is 0.143. The minimum absolute atomic E-state index is 0.224. The van der Waals surface area contributed by atoms with Gasteiger partial charge in [0.25, 0.3) is 0 Å². The predicted octanol–water partition coefficient (Wildman–Crippen LogP) is 3.12. The van der Waals surface area contributed by atoms with Gasteiger partial charge in [0.15, 0.2) is 11.5 Å². The molecule has 1 atom stereocenters. The summed E-state index contributed by atoms with van der Waals surface area (Å²) in [7, 11) is 0. The van der Waals surface area contributed by atoms with E-state index in [1.165, 1.54) is 0 Å². The molecular weight excluding hydrogens is 250 g/mol. The van der Waals surface area contributed by atoms with Crippen LogP contribution in [0.15, 0.2) is 42.5 Å². The van der Waals surface area contributed by atoms with E-state index in [1.54, 1.807) is 0 Å². The standard InChI is InChI=1S/C14H12ClNO2/c15-11-3-1-2-9(6-11)14(16)10-4-5-12-13(7-10)18-8-17-12/h1-7,14H,8,16H2. The lowest BCUT2D eigenvalue weighted by Crippen LogP contribution is -2.11. The number of nitrogens with two attached hydrogens (primary N) is 1. The summed E-state index contributed by atoms with van der Waals surface area (Å²) in [6, 6.07) is 13.1. The molecule has 18 heavy (non-hydrogen) atoms. The maximum atomic E-state index is 6.22. The first-order valence-electron chi connectivity index (χ1n) is 5.64. The van der Waals surface area contributed by atoms with Gasteiger partial charge in [-0.15, -0.1) is 0 Å². The normalized spacial score (nSPS) is 14.6. The molecule has 0 bridgehead atoms. The van der Waals surface area contributed by atoms with Gasteiger partial charge in [0, 0.05) is 5.02 Å². The van der Waals surface area contributed by atoms with Crippen LogP contribution in [0.5, 0.6) is 11.5 Å². The number of fused-ring (bicyclic) bond motifs is 1. The molecule has 1 heterocycles. The number of hydrogen-bond donors (Lipinski definition) is 1. The molecule has 4 heteroatoms. The Hall–Kier alpha value is -1.71. The van der Waals surface area contributed by atoms with E-state index in [4.69, 9.17) is 26.8 Å². The van der Waals surface area contributed by atoms with E-state index >= 15 is 0 Å². The van der Waals surface area contributed by atoms with Crippen molar-refractivity contribution in [2.45, 2.75) is 6.04 Å². The van der Waals surface area contributed by atoms with Crippen LogP contribution in [0.4, 0.5) is 0 Å². The van der Waals surface area contributed by atoms with Gasteiger partial charge in [0.1, 0.15) is 0 Å². The highest BCUT2D eigenvalue weighted by Gasteiger charge is 2.16. The number of benzene rings is 2. The van der Waals surface area contributed by atoms with Crippen molar-refractivity contribution in [2.24, 2.45) is 5.73 Å². The Labute approximate surface area is 110 Å². The van der Waals surface area contributed by atoms with E-state index in [2.05, 4.69) is 0 Å². The van der Waals surface area contributed by atoms with E-state index in [-0.39, 0.29) is 12.8 Å². The Morgan fingerprint density at radius 2 is 1.78 bits per heavy atom. The van der Waals surface area contributed by atoms with Gasteiger partial charge in [0.05, 0.1) is 6.04 Å². The second kappa shape index (κ2) is 4.52. The van der Waals surface area contributed by atoms with Crippen LogP contribution in [-0.4, -0.2) is 6.79 Å². The van der Waals surface area contributed by atoms with E-state index in [0.717, 1.165) is 22.6 Å². The fourth-order valence-electron chi connectivity index (χ4n) is 2.00. The SMILES string of the molecule is NC(c1cccc(Cl)c1)c1ccc2c(c1)OCO2. The van der Waals surface area contributed by atoms with Crippen LogP contribution in [0.1, 0.15) is 17.2 Å². The van der Waals surface area contributed by atoms with Crippen LogP contribution < -0.4 is 15.2 Å². The lowest BCUT2D eigenvalue weighted by atomic mass is 9.99. The quantitative estimate of drug-likeness (QED) is 0.903. The molecule has 92 valence electrons.